The van der Waals surface area contributed by atoms with E-state index in [0.717, 1.165) is 46.2 Å². The molecule has 6 nitrogen and oxygen atoms in total. The molecule has 5 aromatic rings. The molecule has 0 bridgehead atoms. The van der Waals surface area contributed by atoms with Gasteiger partial charge < -0.3 is 14.8 Å². The molecule has 0 aliphatic carbocycles. The van der Waals surface area contributed by atoms with Gasteiger partial charge in [-0.15, -0.1) is 0 Å². The number of benzene rings is 3. The Balaban J connectivity index is 1.51. The monoisotopic (exact) mass is 541 g/mol. The van der Waals surface area contributed by atoms with Crippen LogP contribution < -0.4 is 5.32 Å². The van der Waals surface area contributed by atoms with Crippen LogP contribution in [0, 0.1) is 0 Å². The number of nitrogens with one attached hydrogen (secondary N) is 1. The smallest absolute Gasteiger partial charge is 0.308 e. The third kappa shape index (κ3) is 4.53. The highest BCUT2D eigenvalue weighted by molar-refractivity contribution is 5.90. The summed E-state index contributed by atoms with van der Waals surface area (Å²) in [7, 11) is 0. The van der Waals surface area contributed by atoms with E-state index in [4.69, 9.17) is 5.10 Å². The van der Waals surface area contributed by atoms with Crippen molar-refractivity contribution in [1.82, 2.24) is 19.2 Å². The van der Waals surface area contributed by atoms with Gasteiger partial charge in [-0.25, -0.2) is 9.48 Å². The maximum atomic E-state index is 14.0. The first-order valence-corrected chi connectivity index (χ1v) is 13.0. The third-order valence-electron chi connectivity index (χ3n) is 7.12. The zero-order chi connectivity index (χ0) is 27.9. The predicted octanol–water partition coefficient (Wildman–Crippen LogP) is 7.38. The molecular weight excluding hydrogens is 515 g/mol. The van der Waals surface area contributed by atoms with Gasteiger partial charge in [0.15, 0.2) is 0 Å². The van der Waals surface area contributed by atoms with E-state index in [0.29, 0.717) is 6.42 Å². The highest BCUT2D eigenvalue weighted by Gasteiger charge is 2.37. The summed E-state index contributed by atoms with van der Waals surface area (Å²) in [6.07, 6.45) is -1.93. The molecular formula is C31H26F3N5O. The van der Waals surface area contributed by atoms with Crippen molar-refractivity contribution >= 4 is 11.7 Å². The third-order valence-corrected chi connectivity index (χ3v) is 7.12. The van der Waals surface area contributed by atoms with Crippen molar-refractivity contribution in [2.24, 2.45) is 0 Å². The quantitative estimate of drug-likeness (QED) is 0.258. The van der Waals surface area contributed by atoms with E-state index in [2.05, 4.69) is 9.88 Å². The standard InChI is InChI=1S/C31H26F3N5O/c1-2-26-25-20-38(30(40)35-23-14-9-13-22(19-23)31(32,33)34)28(21-11-5-3-6-12-21)27-17-10-18-37(27)29(25)39(36-26)24-15-7-4-8-16-24/h3-19,28H,2,20H2,1H3,(H,35,40)/t28-/m0/s1. The number of aromatic nitrogens is 3. The number of carbonyl (C=O) groups is 1. The van der Waals surface area contributed by atoms with Gasteiger partial charge in [0.05, 0.1) is 35.2 Å². The fraction of sp³-hybridized carbons (Fsp3) is 0.161. The van der Waals surface area contributed by atoms with Crippen molar-refractivity contribution in [3.8, 4) is 11.5 Å². The molecule has 1 aliphatic rings. The number of halogens is 3. The molecule has 6 rings (SSSR count). The second-order valence-corrected chi connectivity index (χ2v) is 9.60. The Morgan fingerprint density at radius 1 is 0.950 bits per heavy atom. The first kappa shape index (κ1) is 25.5. The Kier molecular flexibility index (Phi) is 6.42. The number of amides is 2. The first-order chi connectivity index (χ1) is 19.3. The molecule has 3 heterocycles. The molecule has 0 fully saturated rings. The van der Waals surface area contributed by atoms with Gasteiger partial charge in [-0.05, 0) is 54.4 Å². The number of alkyl halides is 3. The highest BCUT2D eigenvalue weighted by atomic mass is 19.4. The largest absolute Gasteiger partial charge is 0.416 e. The van der Waals surface area contributed by atoms with E-state index in [1.54, 1.807) is 4.90 Å². The van der Waals surface area contributed by atoms with Crippen LogP contribution in [0.25, 0.3) is 11.5 Å². The summed E-state index contributed by atoms with van der Waals surface area (Å²) in [4.78, 5) is 15.7. The maximum Gasteiger partial charge on any atom is 0.416 e. The summed E-state index contributed by atoms with van der Waals surface area (Å²) < 4.78 is 44.1. The molecule has 9 heteroatoms. The zero-order valence-corrected chi connectivity index (χ0v) is 21.6. The number of rotatable bonds is 4. The minimum atomic E-state index is -4.52. The maximum absolute atomic E-state index is 14.0. The minimum Gasteiger partial charge on any atom is -0.308 e. The molecule has 1 N–H and O–H groups in total. The van der Waals surface area contributed by atoms with Crippen molar-refractivity contribution < 1.29 is 18.0 Å². The number of nitrogens with zero attached hydrogens (tertiary/aromatic N) is 4. The topological polar surface area (TPSA) is 55.1 Å². The fourth-order valence-corrected chi connectivity index (χ4v) is 5.30. The van der Waals surface area contributed by atoms with Gasteiger partial charge in [0, 0.05) is 17.4 Å². The number of aryl methyl sites for hydroxylation is 1. The van der Waals surface area contributed by atoms with Gasteiger partial charge in [0.25, 0.3) is 0 Å². The SMILES string of the molecule is CCc1nn(-c2ccccc2)c2c1CN(C(=O)Nc1cccc(C(F)(F)F)c1)[C@@H](c1ccccc1)c1cccn1-2. The second-order valence-electron chi connectivity index (χ2n) is 9.60. The van der Waals surface area contributed by atoms with Crippen molar-refractivity contribution in [3.05, 3.63) is 131 Å². The van der Waals surface area contributed by atoms with E-state index in [9.17, 15) is 18.0 Å². The van der Waals surface area contributed by atoms with Crippen LogP contribution in [-0.4, -0.2) is 25.3 Å². The van der Waals surface area contributed by atoms with Gasteiger partial charge in [0.2, 0.25) is 0 Å². The Labute approximate surface area is 229 Å². The normalized spacial score (nSPS) is 14.8. The molecule has 202 valence electrons. The minimum absolute atomic E-state index is 0.0715. The molecule has 0 radical (unpaired) electrons. The van der Waals surface area contributed by atoms with Gasteiger partial charge in [0.1, 0.15) is 5.82 Å². The van der Waals surface area contributed by atoms with Crippen molar-refractivity contribution in [2.45, 2.75) is 32.1 Å². The van der Waals surface area contributed by atoms with Crippen LogP contribution in [0.15, 0.2) is 103 Å². The average molecular weight is 542 g/mol. The molecule has 0 unspecified atom stereocenters. The Bertz CT molecular complexity index is 1660. The van der Waals surface area contributed by atoms with E-state index >= 15 is 0 Å². The van der Waals surface area contributed by atoms with E-state index in [-0.39, 0.29) is 12.2 Å². The lowest BCUT2D eigenvalue weighted by Crippen LogP contribution is -2.38. The molecule has 0 saturated heterocycles. The molecule has 1 aliphatic heterocycles. The molecule has 40 heavy (non-hydrogen) atoms. The van der Waals surface area contributed by atoms with Gasteiger partial charge in [-0.3, -0.25) is 0 Å². The zero-order valence-electron chi connectivity index (χ0n) is 21.6. The van der Waals surface area contributed by atoms with Crippen LogP contribution in [0.2, 0.25) is 0 Å². The summed E-state index contributed by atoms with van der Waals surface area (Å²) in [5.41, 5.74) is 3.56. The average Bonchev–Trinajstić information content (AvgIpc) is 3.54. The first-order valence-electron chi connectivity index (χ1n) is 13.0. The summed E-state index contributed by atoms with van der Waals surface area (Å²) in [6.45, 7) is 2.22. The van der Waals surface area contributed by atoms with Crippen LogP contribution in [0.5, 0.6) is 0 Å². The van der Waals surface area contributed by atoms with Crippen molar-refractivity contribution in [1.29, 1.82) is 0 Å². The summed E-state index contributed by atoms with van der Waals surface area (Å²) in [5, 5.41) is 7.66. The van der Waals surface area contributed by atoms with Gasteiger partial charge >= 0.3 is 12.2 Å². The van der Waals surface area contributed by atoms with Crippen LogP contribution in [0.4, 0.5) is 23.7 Å². The highest BCUT2D eigenvalue weighted by Crippen LogP contribution is 2.39. The lowest BCUT2D eigenvalue weighted by molar-refractivity contribution is -0.137. The van der Waals surface area contributed by atoms with Crippen LogP contribution in [0.1, 0.15) is 41.0 Å². The van der Waals surface area contributed by atoms with Gasteiger partial charge in [-0.1, -0.05) is 61.5 Å². The predicted molar refractivity (Wildman–Crippen MR) is 147 cm³/mol. The van der Waals surface area contributed by atoms with Crippen molar-refractivity contribution in [2.75, 3.05) is 5.32 Å². The molecule has 2 aromatic heterocycles. The lowest BCUT2D eigenvalue weighted by atomic mass is 10.0. The number of urea groups is 1. The van der Waals surface area contributed by atoms with E-state index in [1.165, 1.54) is 12.1 Å². The van der Waals surface area contributed by atoms with Crippen molar-refractivity contribution in [3.63, 3.8) is 0 Å². The summed E-state index contributed by atoms with van der Waals surface area (Å²) in [6, 6.07) is 27.0. The summed E-state index contributed by atoms with van der Waals surface area (Å²) in [5.74, 6) is 0.832. The number of para-hydroxylation sites is 1. The van der Waals surface area contributed by atoms with Crippen LogP contribution >= 0.6 is 0 Å². The summed E-state index contributed by atoms with van der Waals surface area (Å²) >= 11 is 0. The molecule has 2 amide bonds. The van der Waals surface area contributed by atoms with Crippen LogP contribution in [-0.2, 0) is 19.1 Å². The fourth-order valence-electron chi connectivity index (χ4n) is 5.30. The number of carbonyl (C=O) groups excluding carboxylic acids is 1. The molecule has 3 aromatic carbocycles. The number of hydrogen-bond acceptors (Lipinski definition) is 2. The molecule has 0 spiro atoms. The van der Waals surface area contributed by atoms with E-state index in [1.807, 2.05) is 90.6 Å². The molecule has 0 saturated carbocycles. The number of hydrogen-bond donors (Lipinski definition) is 1. The van der Waals surface area contributed by atoms with Crippen LogP contribution in [0.3, 0.4) is 0 Å². The Morgan fingerprint density at radius 3 is 2.38 bits per heavy atom. The Hall–Kier alpha value is -4.79. The number of anilines is 1. The van der Waals surface area contributed by atoms with Gasteiger partial charge in [-0.2, -0.15) is 18.3 Å². The number of fused-ring (bicyclic) bond motifs is 3. The van der Waals surface area contributed by atoms with E-state index < -0.39 is 23.8 Å². The molecule has 1 atom stereocenters. The lowest BCUT2D eigenvalue weighted by Gasteiger charge is -2.31. The Morgan fingerprint density at radius 2 is 1.68 bits per heavy atom. The second kappa shape index (κ2) is 10.1.